The number of alkyl halides is 3. The number of anilines is 3. The SMILES string of the molecule is CC(C(=O)Nc1cc(C(=O)Nc2ccc(-c3ccc(N)nc3)nc2)ccc1OC(F)(F)F)N1CCOCC1. The van der Waals surface area contributed by atoms with E-state index in [1.165, 1.54) is 12.3 Å². The number of nitrogens with two attached hydrogens (primary N) is 1. The van der Waals surface area contributed by atoms with E-state index in [-0.39, 0.29) is 11.3 Å². The Hall–Kier alpha value is -4.23. The van der Waals surface area contributed by atoms with Gasteiger partial charge >= 0.3 is 6.36 Å². The van der Waals surface area contributed by atoms with Crippen LogP contribution in [0.4, 0.5) is 30.4 Å². The van der Waals surface area contributed by atoms with Crippen molar-refractivity contribution in [3.8, 4) is 17.0 Å². The number of ether oxygens (including phenoxy) is 2. The van der Waals surface area contributed by atoms with Crippen LogP contribution in [-0.4, -0.2) is 65.4 Å². The van der Waals surface area contributed by atoms with E-state index in [9.17, 15) is 22.8 Å². The van der Waals surface area contributed by atoms with Crippen LogP contribution in [0.5, 0.6) is 5.75 Å². The summed E-state index contributed by atoms with van der Waals surface area (Å²) in [5, 5.41) is 5.10. The van der Waals surface area contributed by atoms with E-state index in [0.29, 0.717) is 43.5 Å². The molecule has 0 radical (unpaired) electrons. The Morgan fingerprint density at radius 3 is 2.45 bits per heavy atom. The quantitative estimate of drug-likeness (QED) is 0.423. The van der Waals surface area contributed by atoms with Crippen LogP contribution in [0.25, 0.3) is 11.3 Å². The molecule has 4 N–H and O–H groups in total. The number of benzene rings is 1. The van der Waals surface area contributed by atoms with Crippen molar-refractivity contribution >= 4 is 29.0 Å². The lowest BCUT2D eigenvalue weighted by atomic mass is 10.1. The molecule has 13 heteroatoms. The highest BCUT2D eigenvalue weighted by Gasteiger charge is 2.33. The maximum Gasteiger partial charge on any atom is 0.573 e. The number of nitrogens with zero attached hydrogens (tertiary/aromatic N) is 3. The minimum atomic E-state index is -4.99. The molecule has 200 valence electrons. The molecule has 2 aromatic heterocycles. The lowest BCUT2D eigenvalue weighted by Gasteiger charge is -2.31. The van der Waals surface area contributed by atoms with Gasteiger partial charge in [0.2, 0.25) is 5.91 Å². The highest BCUT2D eigenvalue weighted by molar-refractivity contribution is 6.06. The largest absolute Gasteiger partial charge is 0.573 e. The van der Waals surface area contributed by atoms with E-state index in [4.69, 9.17) is 10.5 Å². The Labute approximate surface area is 216 Å². The number of carbonyl (C=O) groups excluding carboxylic acids is 2. The zero-order valence-electron chi connectivity index (χ0n) is 20.3. The van der Waals surface area contributed by atoms with Crippen molar-refractivity contribution in [2.75, 3.05) is 42.7 Å². The molecule has 2 amide bonds. The van der Waals surface area contributed by atoms with Crippen LogP contribution in [0.2, 0.25) is 0 Å². The van der Waals surface area contributed by atoms with E-state index in [0.717, 1.165) is 17.7 Å². The van der Waals surface area contributed by atoms with Crippen molar-refractivity contribution in [3.05, 3.63) is 60.4 Å². The molecule has 0 aliphatic carbocycles. The van der Waals surface area contributed by atoms with Gasteiger partial charge in [0.05, 0.1) is 42.5 Å². The van der Waals surface area contributed by atoms with Crippen molar-refractivity contribution in [2.45, 2.75) is 19.3 Å². The number of pyridine rings is 2. The second kappa shape index (κ2) is 11.4. The standard InChI is InChI=1S/C25H25F3N6O4/c1-15(34-8-10-37-11-9-34)23(35)33-20-12-16(2-6-21(20)38-25(26,27)28)24(36)32-18-4-5-19(30-14-18)17-3-7-22(29)31-13-17/h2-7,12-15H,8-11H2,1H3,(H2,29,31)(H,32,36)(H,33,35). The van der Waals surface area contributed by atoms with Crippen molar-refractivity contribution in [1.82, 2.24) is 14.9 Å². The summed E-state index contributed by atoms with van der Waals surface area (Å²) in [7, 11) is 0. The van der Waals surface area contributed by atoms with Crippen molar-refractivity contribution < 1.29 is 32.2 Å². The van der Waals surface area contributed by atoms with E-state index in [1.807, 2.05) is 4.90 Å². The number of aromatic nitrogens is 2. The normalized spacial score (nSPS) is 14.9. The Morgan fingerprint density at radius 1 is 1.05 bits per heavy atom. The highest BCUT2D eigenvalue weighted by atomic mass is 19.4. The number of hydrogen-bond acceptors (Lipinski definition) is 8. The van der Waals surface area contributed by atoms with Crippen LogP contribution >= 0.6 is 0 Å². The van der Waals surface area contributed by atoms with E-state index >= 15 is 0 Å². The second-order valence-corrected chi connectivity index (χ2v) is 8.43. The summed E-state index contributed by atoms with van der Waals surface area (Å²) in [6.45, 7) is 3.54. The monoisotopic (exact) mass is 530 g/mol. The first-order valence-electron chi connectivity index (χ1n) is 11.6. The van der Waals surface area contributed by atoms with Crippen LogP contribution in [0.3, 0.4) is 0 Å². The topological polar surface area (TPSA) is 132 Å². The predicted molar refractivity (Wildman–Crippen MR) is 133 cm³/mol. The molecule has 1 aliphatic heterocycles. The zero-order valence-corrected chi connectivity index (χ0v) is 20.3. The van der Waals surface area contributed by atoms with Gasteiger partial charge in [-0.05, 0) is 49.4 Å². The van der Waals surface area contributed by atoms with Gasteiger partial charge in [-0.2, -0.15) is 0 Å². The number of nitrogens with one attached hydrogen (secondary N) is 2. The van der Waals surface area contributed by atoms with Crippen LogP contribution in [-0.2, 0) is 9.53 Å². The fraction of sp³-hybridized carbons (Fsp3) is 0.280. The number of carbonyl (C=O) groups is 2. The lowest BCUT2D eigenvalue weighted by molar-refractivity contribution is -0.274. The maximum atomic E-state index is 13.0. The molecule has 10 nitrogen and oxygen atoms in total. The first-order valence-corrected chi connectivity index (χ1v) is 11.6. The first-order chi connectivity index (χ1) is 18.1. The summed E-state index contributed by atoms with van der Waals surface area (Å²) in [5.74, 6) is -1.44. The Morgan fingerprint density at radius 2 is 1.82 bits per heavy atom. The number of hydrogen-bond donors (Lipinski definition) is 3. The maximum absolute atomic E-state index is 13.0. The molecule has 38 heavy (non-hydrogen) atoms. The molecule has 3 heterocycles. The van der Waals surface area contributed by atoms with Crippen molar-refractivity contribution in [1.29, 1.82) is 0 Å². The predicted octanol–water partition coefficient (Wildman–Crippen LogP) is 3.54. The van der Waals surface area contributed by atoms with Gasteiger partial charge in [0.15, 0.2) is 5.75 Å². The van der Waals surface area contributed by atoms with Gasteiger partial charge in [-0.15, -0.1) is 13.2 Å². The van der Waals surface area contributed by atoms with Gasteiger partial charge in [-0.1, -0.05) is 0 Å². The smallest absolute Gasteiger partial charge is 0.404 e. The van der Waals surface area contributed by atoms with Crippen molar-refractivity contribution in [3.63, 3.8) is 0 Å². The Balaban J connectivity index is 1.50. The molecule has 1 unspecified atom stereocenters. The Bertz CT molecular complexity index is 1280. The molecule has 3 aromatic rings. The number of morpholine rings is 1. The molecular formula is C25H25F3N6O4. The first kappa shape index (κ1) is 26.8. The van der Waals surface area contributed by atoms with Gasteiger partial charge in [0.1, 0.15) is 5.82 Å². The molecule has 1 aromatic carbocycles. The molecule has 1 aliphatic rings. The molecule has 0 saturated carbocycles. The number of nitrogen functional groups attached to an aromatic ring is 1. The van der Waals surface area contributed by atoms with Gasteiger partial charge in [-0.25, -0.2) is 4.98 Å². The average Bonchev–Trinajstić information content (AvgIpc) is 2.90. The van der Waals surface area contributed by atoms with Crippen LogP contribution in [0.15, 0.2) is 54.9 Å². The highest BCUT2D eigenvalue weighted by Crippen LogP contribution is 2.32. The third kappa shape index (κ3) is 6.95. The summed E-state index contributed by atoms with van der Waals surface area (Å²) in [6.07, 6.45) is -2.00. The number of rotatable bonds is 7. The summed E-state index contributed by atoms with van der Waals surface area (Å²) in [4.78, 5) is 35.8. The minimum absolute atomic E-state index is 0.000612. The molecule has 0 bridgehead atoms. The van der Waals surface area contributed by atoms with E-state index in [2.05, 4.69) is 25.3 Å². The average molecular weight is 531 g/mol. The van der Waals surface area contributed by atoms with Gasteiger partial charge in [-0.3, -0.25) is 19.5 Å². The second-order valence-electron chi connectivity index (χ2n) is 8.43. The summed E-state index contributed by atoms with van der Waals surface area (Å²) in [6, 6.07) is 9.30. The zero-order chi connectivity index (χ0) is 27.3. The van der Waals surface area contributed by atoms with Crippen LogP contribution < -0.4 is 21.1 Å². The molecule has 1 saturated heterocycles. The fourth-order valence-corrected chi connectivity index (χ4v) is 3.75. The van der Waals surface area contributed by atoms with E-state index < -0.39 is 30.0 Å². The van der Waals surface area contributed by atoms with E-state index in [1.54, 1.807) is 37.4 Å². The molecule has 1 fully saturated rings. The van der Waals surface area contributed by atoms with Crippen LogP contribution in [0, 0.1) is 0 Å². The molecule has 0 spiro atoms. The van der Waals surface area contributed by atoms with Crippen molar-refractivity contribution in [2.24, 2.45) is 0 Å². The minimum Gasteiger partial charge on any atom is -0.404 e. The molecule has 4 rings (SSSR count). The third-order valence-corrected chi connectivity index (χ3v) is 5.80. The molecular weight excluding hydrogens is 505 g/mol. The number of halogens is 3. The summed E-state index contributed by atoms with van der Waals surface area (Å²) >= 11 is 0. The molecule has 1 atom stereocenters. The number of amides is 2. The summed E-state index contributed by atoms with van der Waals surface area (Å²) < 4.78 is 48.3. The lowest BCUT2D eigenvalue weighted by Crippen LogP contribution is -2.47. The fourth-order valence-electron chi connectivity index (χ4n) is 3.75. The Kier molecular flexibility index (Phi) is 8.08. The summed E-state index contributed by atoms with van der Waals surface area (Å²) in [5.41, 5.74) is 6.98. The van der Waals surface area contributed by atoms with Gasteiger partial charge < -0.3 is 25.8 Å². The van der Waals surface area contributed by atoms with Crippen LogP contribution in [0.1, 0.15) is 17.3 Å². The van der Waals surface area contributed by atoms with Gasteiger partial charge in [0.25, 0.3) is 5.91 Å². The van der Waals surface area contributed by atoms with Gasteiger partial charge in [0, 0.05) is 30.4 Å². The third-order valence-electron chi connectivity index (χ3n) is 5.80.